The summed E-state index contributed by atoms with van der Waals surface area (Å²) in [5, 5.41) is 2.19. The van der Waals surface area contributed by atoms with Crippen LogP contribution in [-0.2, 0) is 14.8 Å². The van der Waals surface area contributed by atoms with Crippen LogP contribution >= 0.6 is 0 Å². The Morgan fingerprint density at radius 2 is 1.97 bits per heavy atom. The Morgan fingerprint density at radius 3 is 2.76 bits per heavy atom. The number of pyridine rings is 2. The third-order valence-corrected chi connectivity index (χ3v) is 9.08. The SMILES string of the molecule is CC(C)COC1CCCN(S(=O)(=O)CC2CCN(c3ccnc4cnc5[nH]ccc5c34)CC2)C1. The van der Waals surface area contributed by atoms with Gasteiger partial charge in [0, 0.05) is 61.6 Å². The molecule has 1 atom stereocenters. The number of rotatable bonds is 7. The standard InChI is InChI=1S/C25H35N5O3S/c1-18(2)16-33-20-4-3-11-30(15-20)34(31,32)17-19-7-12-29(13-8-19)23-6-10-26-22-14-28-25-21(24(22)23)5-9-27-25/h5-6,9-10,14,18-20H,3-4,7-8,11-13,15-17H2,1-2H3,(H,27,28). The van der Waals surface area contributed by atoms with Crippen LogP contribution in [0.25, 0.3) is 21.9 Å². The minimum absolute atomic E-state index is 0.0208. The van der Waals surface area contributed by atoms with E-state index in [0.29, 0.717) is 25.6 Å². The zero-order valence-corrected chi connectivity index (χ0v) is 20.9. The van der Waals surface area contributed by atoms with Crippen LogP contribution in [0.3, 0.4) is 0 Å². The van der Waals surface area contributed by atoms with Crippen molar-refractivity contribution in [2.24, 2.45) is 11.8 Å². The Bertz CT molecular complexity index is 1230. The summed E-state index contributed by atoms with van der Waals surface area (Å²) in [7, 11) is -3.28. The van der Waals surface area contributed by atoms with Crippen LogP contribution < -0.4 is 4.90 Å². The van der Waals surface area contributed by atoms with Gasteiger partial charge in [0.1, 0.15) is 5.65 Å². The third-order valence-electron chi connectivity index (χ3n) is 7.07. The molecule has 3 aromatic heterocycles. The Kier molecular flexibility index (Phi) is 6.77. The molecule has 34 heavy (non-hydrogen) atoms. The first-order valence-corrected chi connectivity index (χ1v) is 14.1. The number of sulfonamides is 1. The molecule has 2 aliphatic rings. The van der Waals surface area contributed by atoms with Crippen molar-refractivity contribution in [2.45, 2.75) is 45.6 Å². The van der Waals surface area contributed by atoms with E-state index in [0.717, 1.165) is 66.4 Å². The van der Waals surface area contributed by atoms with E-state index in [2.05, 4.69) is 39.8 Å². The molecule has 8 nitrogen and oxygen atoms in total. The molecule has 0 bridgehead atoms. The maximum absolute atomic E-state index is 13.2. The molecule has 0 radical (unpaired) electrons. The number of aromatic nitrogens is 3. The maximum Gasteiger partial charge on any atom is 0.214 e. The number of piperidine rings is 2. The molecular formula is C25H35N5O3S. The number of hydrogen-bond acceptors (Lipinski definition) is 6. The number of nitrogens with zero attached hydrogens (tertiary/aromatic N) is 4. The molecule has 0 spiro atoms. The minimum Gasteiger partial charge on any atom is -0.377 e. The van der Waals surface area contributed by atoms with Crippen LogP contribution in [0.2, 0.25) is 0 Å². The maximum atomic E-state index is 13.2. The monoisotopic (exact) mass is 485 g/mol. The summed E-state index contributed by atoms with van der Waals surface area (Å²) in [6.45, 7) is 7.73. The molecule has 5 rings (SSSR count). The van der Waals surface area contributed by atoms with Gasteiger partial charge in [0.25, 0.3) is 0 Å². The second-order valence-electron chi connectivity index (χ2n) is 10.1. The summed E-state index contributed by atoms with van der Waals surface area (Å²) in [5.74, 6) is 0.875. The summed E-state index contributed by atoms with van der Waals surface area (Å²) in [6.07, 6.45) is 9.13. The van der Waals surface area contributed by atoms with Gasteiger partial charge >= 0.3 is 0 Å². The topological polar surface area (TPSA) is 91.4 Å². The van der Waals surface area contributed by atoms with E-state index >= 15 is 0 Å². The zero-order chi connectivity index (χ0) is 23.7. The molecule has 3 aromatic rings. The number of aromatic amines is 1. The van der Waals surface area contributed by atoms with Gasteiger partial charge in [-0.05, 0) is 49.7 Å². The van der Waals surface area contributed by atoms with E-state index in [-0.39, 0.29) is 17.8 Å². The molecule has 0 saturated carbocycles. The molecule has 0 aliphatic carbocycles. The average molecular weight is 486 g/mol. The van der Waals surface area contributed by atoms with E-state index in [4.69, 9.17) is 4.74 Å². The number of anilines is 1. The molecule has 2 fully saturated rings. The minimum atomic E-state index is -3.28. The van der Waals surface area contributed by atoms with Crippen molar-refractivity contribution >= 4 is 37.6 Å². The van der Waals surface area contributed by atoms with Crippen LogP contribution in [0.1, 0.15) is 39.5 Å². The fraction of sp³-hybridized carbons (Fsp3) is 0.600. The van der Waals surface area contributed by atoms with Gasteiger partial charge in [-0.1, -0.05) is 13.8 Å². The summed E-state index contributed by atoms with van der Waals surface area (Å²) in [6, 6.07) is 4.11. The van der Waals surface area contributed by atoms with E-state index in [1.165, 1.54) is 0 Å². The van der Waals surface area contributed by atoms with Gasteiger partial charge in [0.2, 0.25) is 10.0 Å². The molecule has 0 aromatic carbocycles. The van der Waals surface area contributed by atoms with Crippen molar-refractivity contribution in [3.8, 4) is 0 Å². The average Bonchev–Trinajstić information content (AvgIpc) is 3.32. The molecular weight excluding hydrogens is 450 g/mol. The van der Waals surface area contributed by atoms with Gasteiger partial charge < -0.3 is 14.6 Å². The highest BCUT2D eigenvalue weighted by Crippen LogP contribution is 2.34. The number of nitrogens with one attached hydrogen (secondary N) is 1. The fourth-order valence-electron chi connectivity index (χ4n) is 5.27. The van der Waals surface area contributed by atoms with E-state index in [9.17, 15) is 8.42 Å². The predicted octanol–water partition coefficient (Wildman–Crippen LogP) is 3.79. The van der Waals surface area contributed by atoms with Crippen LogP contribution in [0, 0.1) is 11.8 Å². The van der Waals surface area contributed by atoms with Crippen molar-refractivity contribution in [3.63, 3.8) is 0 Å². The number of fused-ring (bicyclic) bond motifs is 3. The number of H-pyrrole nitrogens is 1. The third kappa shape index (κ3) is 4.92. The lowest BCUT2D eigenvalue weighted by Crippen LogP contribution is -2.46. The van der Waals surface area contributed by atoms with Gasteiger partial charge in [-0.3, -0.25) is 4.98 Å². The number of hydrogen-bond donors (Lipinski definition) is 1. The summed E-state index contributed by atoms with van der Waals surface area (Å²) in [4.78, 5) is 14.5. The fourth-order valence-corrected chi connectivity index (χ4v) is 7.21. The van der Waals surface area contributed by atoms with Gasteiger partial charge in [-0.15, -0.1) is 0 Å². The molecule has 0 amide bonds. The molecule has 1 unspecified atom stereocenters. The highest BCUT2D eigenvalue weighted by molar-refractivity contribution is 7.89. The first kappa shape index (κ1) is 23.5. The molecule has 1 N–H and O–H groups in total. The molecule has 2 saturated heterocycles. The molecule has 5 heterocycles. The summed E-state index contributed by atoms with van der Waals surface area (Å²) in [5.41, 5.74) is 2.90. The Morgan fingerprint density at radius 1 is 1.15 bits per heavy atom. The molecule has 184 valence electrons. The highest BCUT2D eigenvalue weighted by Gasteiger charge is 2.33. The van der Waals surface area contributed by atoms with Crippen molar-refractivity contribution in [1.82, 2.24) is 19.3 Å². The second kappa shape index (κ2) is 9.79. The van der Waals surface area contributed by atoms with Crippen LogP contribution in [-0.4, -0.2) is 72.3 Å². The molecule has 9 heteroatoms. The summed E-state index contributed by atoms with van der Waals surface area (Å²) < 4.78 is 34.1. The van der Waals surface area contributed by atoms with E-state index in [1.54, 1.807) is 4.31 Å². The van der Waals surface area contributed by atoms with E-state index < -0.39 is 10.0 Å². The van der Waals surface area contributed by atoms with Gasteiger partial charge in [-0.2, -0.15) is 4.31 Å². The van der Waals surface area contributed by atoms with Crippen molar-refractivity contribution in [3.05, 3.63) is 30.7 Å². The van der Waals surface area contributed by atoms with Gasteiger partial charge in [0.05, 0.1) is 23.6 Å². The lowest BCUT2D eigenvalue weighted by atomic mass is 9.98. The lowest BCUT2D eigenvalue weighted by molar-refractivity contribution is 0.00548. The highest BCUT2D eigenvalue weighted by atomic mass is 32.2. The van der Waals surface area contributed by atoms with Crippen molar-refractivity contribution < 1.29 is 13.2 Å². The smallest absolute Gasteiger partial charge is 0.214 e. The van der Waals surface area contributed by atoms with Crippen LogP contribution in [0.5, 0.6) is 0 Å². The van der Waals surface area contributed by atoms with Crippen LogP contribution in [0.15, 0.2) is 30.7 Å². The zero-order valence-electron chi connectivity index (χ0n) is 20.1. The molecule has 2 aliphatic heterocycles. The van der Waals surface area contributed by atoms with E-state index in [1.807, 2.05) is 24.7 Å². The summed E-state index contributed by atoms with van der Waals surface area (Å²) >= 11 is 0. The normalized spacial score (nSPS) is 21.1. The lowest BCUT2D eigenvalue weighted by Gasteiger charge is -2.36. The Labute approximate surface area is 201 Å². The first-order valence-electron chi connectivity index (χ1n) is 12.5. The van der Waals surface area contributed by atoms with Crippen LogP contribution in [0.4, 0.5) is 5.69 Å². The van der Waals surface area contributed by atoms with Gasteiger partial charge in [-0.25, -0.2) is 13.4 Å². The number of ether oxygens (including phenoxy) is 1. The largest absolute Gasteiger partial charge is 0.377 e. The Hall–Kier alpha value is -2.23. The van der Waals surface area contributed by atoms with Gasteiger partial charge in [0.15, 0.2) is 0 Å². The first-order chi connectivity index (χ1) is 16.4. The second-order valence-corrected chi connectivity index (χ2v) is 12.2. The Balaban J connectivity index is 1.23. The van der Waals surface area contributed by atoms with Crippen molar-refractivity contribution in [2.75, 3.05) is 43.4 Å². The van der Waals surface area contributed by atoms with Crippen molar-refractivity contribution in [1.29, 1.82) is 0 Å². The predicted molar refractivity (Wildman–Crippen MR) is 136 cm³/mol. The quantitative estimate of drug-likeness (QED) is 0.547.